The molecule has 0 amide bonds. The van der Waals surface area contributed by atoms with E-state index in [0.29, 0.717) is 0 Å². The average molecular weight is 140 g/mol. The molecule has 0 aromatic rings. The van der Waals surface area contributed by atoms with Gasteiger partial charge in [0.2, 0.25) is 0 Å². The predicted octanol–water partition coefficient (Wildman–Crippen LogP) is 0.735. The van der Waals surface area contributed by atoms with Gasteiger partial charge in [-0.05, 0) is 12.2 Å². The van der Waals surface area contributed by atoms with Crippen molar-refractivity contribution in [3.8, 4) is 6.07 Å². The van der Waals surface area contributed by atoms with E-state index in [0.717, 1.165) is 6.08 Å². The van der Waals surface area contributed by atoms with Crippen molar-refractivity contribution >= 4 is 0 Å². The first-order valence-electron chi connectivity index (χ1n) is 2.63. The Labute approximate surface area is 57.1 Å². The van der Waals surface area contributed by atoms with Gasteiger partial charge in [-0.15, -0.1) is 0 Å². The molecule has 52 valence electrons. The van der Waals surface area contributed by atoms with Crippen molar-refractivity contribution in [3.63, 3.8) is 0 Å². The van der Waals surface area contributed by atoms with Gasteiger partial charge in [-0.3, -0.25) is 0 Å². The molecule has 0 saturated carbocycles. The molecule has 0 aromatic heterocycles. The molecule has 1 atom stereocenters. The molecule has 0 radical (unpaired) electrons. The van der Waals surface area contributed by atoms with Gasteiger partial charge >= 0.3 is 5.79 Å². The average Bonchev–Trinajstić information content (AvgIpc) is 1.96. The standard InChI is InChI=1S/C6H5FN2O/c7-6(4-8)5(10)2-1-3-9-6/h1-3,9-10H/t6-/m1/s1. The fraction of sp³-hybridized carbons (Fsp3) is 0.167. The molecular weight excluding hydrogens is 135 g/mol. The molecule has 1 aliphatic heterocycles. The molecule has 3 nitrogen and oxygen atoms in total. The number of alkyl halides is 1. The summed E-state index contributed by atoms with van der Waals surface area (Å²) in [6.07, 6.45) is 3.78. The largest absolute Gasteiger partial charge is 0.506 e. The van der Waals surface area contributed by atoms with Gasteiger partial charge in [0.25, 0.3) is 0 Å². The van der Waals surface area contributed by atoms with Gasteiger partial charge in [0.1, 0.15) is 6.07 Å². The first-order valence-corrected chi connectivity index (χ1v) is 2.63. The Morgan fingerprint density at radius 2 is 2.50 bits per heavy atom. The van der Waals surface area contributed by atoms with E-state index < -0.39 is 11.6 Å². The lowest BCUT2D eigenvalue weighted by atomic mass is 10.2. The summed E-state index contributed by atoms with van der Waals surface area (Å²) >= 11 is 0. The molecule has 1 heterocycles. The number of allylic oxidation sites excluding steroid dienone is 2. The summed E-state index contributed by atoms with van der Waals surface area (Å²) in [5.74, 6) is -3.05. The molecule has 0 saturated heterocycles. The molecule has 0 unspecified atom stereocenters. The molecule has 2 N–H and O–H groups in total. The summed E-state index contributed by atoms with van der Waals surface area (Å²) < 4.78 is 12.9. The molecule has 0 spiro atoms. The molecule has 10 heavy (non-hydrogen) atoms. The Morgan fingerprint density at radius 3 is 2.90 bits per heavy atom. The van der Waals surface area contributed by atoms with Crippen LogP contribution in [0.15, 0.2) is 24.1 Å². The third-order valence-corrected chi connectivity index (χ3v) is 1.14. The minimum Gasteiger partial charge on any atom is -0.506 e. The third kappa shape index (κ3) is 0.818. The van der Waals surface area contributed by atoms with Crippen molar-refractivity contribution in [1.82, 2.24) is 5.32 Å². The second kappa shape index (κ2) is 2.03. The van der Waals surface area contributed by atoms with Crippen molar-refractivity contribution in [1.29, 1.82) is 5.26 Å². The van der Waals surface area contributed by atoms with E-state index in [1.807, 2.05) is 0 Å². The Hall–Kier alpha value is -1.50. The van der Waals surface area contributed by atoms with E-state index >= 15 is 0 Å². The van der Waals surface area contributed by atoms with Gasteiger partial charge < -0.3 is 10.4 Å². The van der Waals surface area contributed by atoms with E-state index in [1.54, 1.807) is 0 Å². The smallest absolute Gasteiger partial charge is 0.324 e. The van der Waals surface area contributed by atoms with Gasteiger partial charge in [0, 0.05) is 6.20 Å². The summed E-state index contributed by atoms with van der Waals surface area (Å²) in [5.41, 5.74) is 0. The van der Waals surface area contributed by atoms with E-state index in [9.17, 15) is 4.39 Å². The highest BCUT2D eigenvalue weighted by molar-refractivity contribution is 5.28. The lowest BCUT2D eigenvalue weighted by Gasteiger charge is -2.18. The highest BCUT2D eigenvalue weighted by atomic mass is 19.1. The van der Waals surface area contributed by atoms with Crippen LogP contribution >= 0.6 is 0 Å². The highest BCUT2D eigenvalue weighted by Crippen LogP contribution is 2.17. The van der Waals surface area contributed by atoms with Gasteiger partial charge in [-0.1, -0.05) is 0 Å². The number of rotatable bonds is 0. The lowest BCUT2D eigenvalue weighted by Crippen LogP contribution is -2.39. The molecule has 1 aliphatic rings. The van der Waals surface area contributed by atoms with Crippen LogP contribution in [0.4, 0.5) is 4.39 Å². The molecule has 0 bridgehead atoms. The quantitative estimate of drug-likeness (QED) is 0.488. The summed E-state index contributed by atoms with van der Waals surface area (Å²) in [5, 5.41) is 19.0. The summed E-state index contributed by atoms with van der Waals surface area (Å²) in [4.78, 5) is 0. The maximum Gasteiger partial charge on any atom is 0.324 e. The fourth-order valence-corrected chi connectivity index (χ4v) is 0.581. The number of nitrogens with zero attached hydrogens (tertiary/aromatic N) is 1. The minimum atomic E-state index is -2.44. The number of aliphatic hydroxyl groups excluding tert-OH is 1. The van der Waals surface area contributed by atoms with Crippen molar-refractivity contribution in [2.75, 3.05) is 0 Å². The maximum absolute atomic E-state index is 12.9. The van der Waals surface area contributed by atoms with Crippen molar-refractivity contribution < 1.29 is 9.50 Å². The normalized spacial score (nSPS) is 30.2. The van der Waals surface area contributed by atoms with Crippen LogP contribution in [0.1, 0.15) is 0 Å². The number of hydrogen-bond acceptors (Lipinski definition) is 3. The van der Waals surface area contributed by atoms with Crippen molar-refractivity contribution in [3.05, 3.63) is 24.1 Å². The second-order valence-corrected chi connectivity index (χ2v) is 1.83. The number of hydrogen-bond donors (Lipinski definition) is 2. The van der Waals surface area contributed by atoms with Crippen LogP contribution in [-0.4, -0.2) is 10.9 Å². The summed E-state index contributed by atoms with van der Waals surface area (Å²) in [7, 11) is 0. The highest BCUT2D eigenvalue weighted by Gasteiger charge is 2.34. The SMILES string of the molecule is N#C[C@@]1(F)NC=CC=C1O. The second-order valence-electron chi connectivity index (χ2n) is 1.83. The number of dihydropyridines is 1. The van der Waals surface area contributed by atoms with E-state index in [2.05, 4.69) is 5.32 Å². The summed E-state index contributed by atoms with van der Waals surface area (Å²) in [6, 6.07) is 1.28. The Kier molecular flexibility index (Phi) is 1.34. The lowest BCUT2D eigenvalue weighted by molar-refractivity contribution is 0.171. The molecule has 1 rings (SSSR count). The van der Waals surface area contributed by atoms with Gasteiger partial charge in [0.05, 0.1) is 0 Å². The summed E-state index contributed by atoms with van der Waals surface area (Å²) in [6.45, 7) is 0. The van der Waals surface area contributed by atoms with Crippen LogP contribution < -0.4 is 5.32 Å². The van der Waals surface area contributed by atoms with Crippen molar-refractivity contribution in [2.45, 2.75) is 5.79 Å². The van der Waals surface area contributed by atoms with Crippen LogP contribution in [0.5, 0.6) is 0 Å². The third-order valence-electron chi connectivity index (χ3n) is 1.14. The zero-order valence-electron chi connectivity index (χ0n) is 5.00. The fourth-order valence-electron chi connectivity index (χ4n) is 0.581. The van der Waals surface area contributed by atoms with E-state index in [-0.39, 0.29) is 0 Å². The van der Waals surface area contributed by atoms with Gasteiger partial charge in [0.15, 0.2) is 5.76 Å². The van der Waals surface area contributed by atoms with E-state index in [4.69, 9.17) is 10.4 Å². The number of nitrogens with one attached hydrogen (secondary N) is 1. The number of halogens is 1. The maximum atomic E-state index is 12.9. The number of aliphatic hydroxyl groups is 1. The Morgan fingerprint density at radius 1 is 1.80 bits per heavy atom. The van der Waals surface area contributed by atoms with Gasteiger partial charge in [-0.2, -0.15) is 9.65 Å². The van der Waals surface area contributed by atoms with Crippen molar-refractivity contribution in [2.24, 2.45) is 0 Å². The van der Waals surface area contributed by atoms with Crippen LogP contribution in [0.3, 0.4) is 0 Å². The molecule has 0 aliphatic carbocycles. The predicted molar refractivity (Wildman–Crippen MR) is 32.4 cm³/mol. The zero-order chi connectivity index (χ0) is 7.61. The monoisotopic (exact) mass is 140 g/mol. The topological polar surface area (TPSA) is 56.0 Å². The minimum absolute atomic E-state index is 0.613. The Bertz CT molecular complexity index is 241. The molecule has 0 fully saturated rings. The molecular formula is C6H5FN2O. The zero-order valence-corrected chi connectivity index (χ0v) is 5.00. The van der Waals surface area contributed by atoms with Gasteiger partial charge in [-0.25, -0.2) is 0 Å². The van der Waals surface area contributed by atoms with E-state index in [1.165, 1.54) is 18.3 Å². The van der Waals surface area contributed by atoms with Crippen LogP contribution in [0, 0.1) is 11.3 Å². The first kappa shape index (κ1) is 6.62. The van der Waals surface area contributed by atoms with Crippen LogP contribution in [0.25, 0.3) is 0 Å². The molecule has 4 heteroatoms. The van der Waals surface area contributed by atoms with Crippen LogP contribution in [0.2, 0.25) is 0 Å². The Balaban J connectivity index is 2.95. The molecule has 0 aromatic carbocycles. The first-order chi connectivity index (χ1) is 4.69. The number of nitriles is 1. The van der Waals surface area contributed by atoms with Crippen LogP contribution in [-0.2, 0) is 0 Å².